The van der Waals surface area contributed by atoms with E-state index in [0.29, 0.717) is 25.2 Å². The van der Waals surface area contributed by atoms with Gasteiger partial charge in [0.05, 0.1) is 0 Å². The Morgan fingerprint density at radius 2 is 1.85 bits per heavy atom. The number of nitrogens with zero attached hydrogens (tertiary/aromatic N) is 2. The molecule has 1 aliphatic rings. The predicted octanol–water partition coefficient (Wildman–Crippen LogP) is 2.67. The van der Waals surface area contributed by atoms with Crippen molar-refractivity contribution in [2.75, 3.05) is 39.3 Å². The van der Waals surface area contributed by atoms with Gasteiger partial charge in [-0.3, -0.25) is 9.69 Å². The van der Waals surface area contributed by atoms with Gasteiger partial charge in [-0.1, -0.05) is 17.7 Å². The summed E-state index contributed by atoms with van der Waals surface area (Å²) in [7, 11) is 0. The second kappa shape index (κ2) is 9.03. The van der Waals surface area contributed by atoms with E-state index >= 15 is 0 Å². The van der Waals surface area contributed by atoms with Gasteiger partial charge in [0.25, 0.3) is 5.91 Å². The number of piperazine rings is 1. The minimum absolute atomic E-state index is 0.0246. The summed E-state index contributed by atoms with van der Waals surface area (Å²) >= 11 is 0. The van der Waals surface area contributed by atoms with Gasteiger partial charge in [-0.05, 0) is 52.8 Å². The molecule has 2 amide bonds. The zero-order chi connectivity index (χ0) is 19.2. The first kappa shape index (κ1) is 20.2. The summed E-state index contributed by atoms with van der Waals surface area (Å²) in [5.41, 5.74) is 1.33. The number of ether oxygens (including phenoxy) is 1. The van der Waals surface area contributed by atoms with Gasteiger partial charge in [-0.25, -0.2) is 4.79 Å². The molecule has 0 aliphatic carbocycles. The largest absolute Gasteiger partial charge is 0.444 e. The van der Waals surface area contributed by atoms with Crippen LogP contribution in [-0.2, 0) is 4.74 Å². The van der Waals surface area contributed by atoms with Crippen LogP contribution in [0.1, 0.15) is 43.1 Å². The SMILES string of the molecule is Cc1cccc(C(=O)NCCCN2CCN(C(=O)OC(C)(C)C)CC2)c1. The average molecular weight is 361 g/mol. The summed E-state index contributed by atoms with van der Waals surface area (Å²) in [5.74, 6) is -0.0246. The lowest BCUT2D eigenvalue weighted by molar-refractivity contribution is 0.0144. The van der Waals surface area contributed by atoms with E-state index in [2.05, 4.69) is 10.2 Å². The number of nitrogens with one attached hydrogen (secondary N) is 1. The van der Waals surface area contributed by atoms with E-state index in [1.54, 1.807) is 4.90 Å². The second-order valence-electron chi connectivity index (χ2n) is 7.79. The number of hydrogen-bond donors (Lipinski definition) is 1. The molecule has 26 heavy (non-hydrogen) atoms. The number of benzene rings is 1. The Hall–Kier alpha value is -2.08. The van der Waals surface area contributed by atoms with Gasteiger partial charge >= 0.3 is 6.09 Å². The van der Waals surface area contributed by atoms with Crippen molar-refractivity contribution in [3.05, 3.63) is 35.4 Å². The van der Waals surface area contributed by atoms with Crippen LogP contribution in [0.4, 0.5) is 4.79 Å². The number of aryl methyl sites for hydroxylation is 1. The van der Waals surface area contributed by atoms with Gasteiger partial charge in [0.15, 0.2) is 0 Å². The van der Waals surface area contributed by atoms with Gasteiger partial charge in [0, 0.05) is 38.3 Å². The molecule has 0 spiro atoms. The van der Waals surface area contributed by atoms with Crippen molar-refractivity contribution < 1.29 is 14.3 Å². The Labute approximate surface area is 156 Å². The van der Waals surface area contributed by atoms with Crippen molar-refractivity contribution in [2.45, 2.75) is 39.7 Å². The summed E-state index contributed by atoms with van der Waals surface area (Å²) in [5, 5.41) is 2.97. The molecule has 2 rings (SSSR count). The molecule has 0 saturated carbocycles. The fraction of sp³-hybridized carbons (Fsp3) is 0.600. The first-order valence-electron chi connectivity index (χ1n) is 9.30. The lowest BCUT2D eigenvalue weighted by Crippen LogP contribution is -2.50. The summed E-state index contributed by atoms with van der Waals surface area (Å²) < 4.78 is 5.41. The lowest BCUT2D eigenvalue weighted by Gasteiger charge is -2.35. The van der Waals surface area contributed by atoms with E-state index in [1.807, 2.05) is 52.0 Å². The number of carbonyl (C=O) groups excluding carboxylic acids is 2. The van der Waals surface area contributed by atoms with Crippen LogP contribution in [0.25, 0.3) is 0 Å². The summed E-state index contributed by atoms with van der Waals surface area (Å²) in [4.78, 5) is 28.2. The molecule has 0 bridgehead atoms. The van der Waals surface area contributed by atoms with Crippen molar-refractivity contribution in [1.29, 1.82) is 0 Å². The molecular formula is C20H31N3O3. The fourth-order valence-corrected chi connectivity index (χ4v) is 2.87. The van der Waals surface area contributed by atoms with E-state index in [4.69, 9.17) is 4.74 Å². The molecule has 1 heterocycles. The smallest absolute Gasteiger partial charge is 0.410 e. The number of rotatable bonds is 5. The van der Waals surface area contributed by atoms with Gasteiger partial charge in [0.1, 0.15) is 5.60 Å². The third kappa shape index (κ3) is 6.67. The molecule has 1 saturated heterocycles. The van der Waals surface area contributed by atoms with Crippen LogP contribution in [0.2, 0.25) is 0 Å². The van der Waals surface area contributed by atoms with Gasteiger partial charge < -0.3 is 15.0 Å². The van der Waals surface area contributed by atoms with Crippen molar-refractivity contribution in [2.24, 2.45) is 0 Å². The summed E-state index contributed by atoms with van der Waals surface area (Å²) in [6, 6.07) is 7.60. The molecule has 6 nitrogen and oxygen atoms in total. The maximum Gasteiger partial charge on any atom is 0.410 e. The van der Waals surface area contributed by atoms with E-state index < -0.39 is 5.60 Å². The van der Waals surface area contributed by atoms with Crippen LogP contribution in [0.3, 0.4) is 0 Å². The lowest BCUT2D eigenvalue weighted by atomic mass is 10.1. The highest BCUT2D eigenvalue weighted by atomic mass is 16.6. The molecule has 1 fully saturated rings. The zero-order valence-electron chi connectivity index (χ0n) is 16.4. The van der Waals surface area contributed by atoms with Crippen LogP contribution in [0.15, 0.2) is 24.3 Å². The van der Waals surface area contributed by atoms with Crippen molar-refractivity contribution in [1.82, 2.24) is 15.1 Å². The Kier molecular flexibility index (Phi) is 7.03. The minimum atomic E-state index is -0.455. The van der Waals surface area contributed by atoms with Crippen LogP contribution in [0.5, 0.6) is 0 Å². The standard InChI is InChI=1S/C20H31N3O3/c1-16-7-5-8-17(15-16)18(24)21-9-6-10-22-11-13-23(14-12-22)19(25)26-20(2,3)4/h5,7-8,15H,6,9-14H2,1-4H3,(H,21,24). The normalized spacial score (nSPS) is 15.6. The second-order valence-corrected chi connectivity index (χ2v) is 7.79. The zero-order valence-corrected chi connectivity index (χ0v) is 16.4. The molecule has 6 heteroatoms. The fourth-order valence-electron chi connectivity index (χ4n) is 2.87. The Morgan fingerprint density at radius 1 is 1.15 bits per heavy atom. The first-order valence-corrected chi connectivity index (χ1v) is 9.30. The quantitative estimate of drug-likeness (QED) is 0.819. The van der Waals surface area contributed by atoms with Gasteiger partial charge in [-0.2, -0.15) is 0 Å². The maximum atomic E-state index is 12.1. The van der Waals surface area contributed by atoms with Crippen LogP contribution in [-0.4, -0.2) is 66.7 Å². The molecule has 0 radical (unpaired) electrons. The summed E-state index contributed by atoms with van der Waals surface area (Å²) in [6.07, 6.45) is 0.659. The molecule has 144 valence electrons. The predicted molar refractivity (Wildman–Crippen MR) is 102 cm³/mol. The van der Waals surface area contributed by atoms with Crippen molar-refractivity contribution in [3.8, 4) is 0 Å². The molecule has 1 aromatic carbocycles. The first-order chi connectivity index (χ1) is 12.2. The third-order valence-corrected chi connectivity index (χ3v) is 4.24. The van der Waals surface area contributed by atoms with Gasteiger partial charge in [0.2, 0.25) is 0 Å². The Balaban J connectivity index is 1.63. The van der Waals surface area contributed by atoms with E-state index in [1.165, 1.54) is 0 Å². The maximum absolute atomic E-state index is 12.1. The van der Waals surface area contributed by atoms with Crippen molar-refractivity contribution in [3.63, 3.8) is 0 Å². The minimum Gasteiger partial charge on any atom is -0.444 e. The Bertz CT molecular complexity index is 617. The molecular weight excluding hydrogens is 330 g/mol. The molecule has 0 aromatic heterocycles. The Morgan fingerprint density at radius 3 is 2.46 bits per heavy atom. The number of hydrogen-bond acceptors (Lipinski definition) is 4. The molecule has 1 N–H and O–H groups in total. The highest BCUT2D eigenvalue weighted by Gasteiger charge is 2.25. The van der Waals surface area contributed by atoms with Crippen LogP contribution >= 0.6 is 0 Å². The highest BCUT2D eigenvalue weighted by molar-refractivity contribution is 5.94. The molecule has 0 unspecified atom stereocenters. The van der Waals surface area contributed by atoms with Crippen molar-refractivity contribution >= 4 is 12.0 Å². The van der Waals surface area contributed by atoms with Crippen LogP contribution in [0, 0.1) is 6.92 Å². The monoisotopic (exact) mass is 361 g/mol. The van der Waals surface area contributed by atoms with Crippen LogP contribution < -0.4 is 5.32 Å². The number of carbonyl (C=O) groups is 2. The summed E-state index contributed by atoms with van der Waals surface area (Å²) in [6.45, 7) is 12.2. The van der Waals surface area contributed by atoms with E-state index in [9.17, 15) is 9.59 Å². The van der Waals surface area contributed by atoms with E-state index in [0.717, 1.165) is 31.6 Å². The molecule has 0 atom stereocenters. The van der Waals surface area contributed by atoms with Gasteiger partial charge in [-0.15, -0.1) is 0 Å². The topological polar surface area (TPSA) is 61.9 Å². The third-order valence-electron chi connectivity index (χ3n) is 4.24. The number of amides is 2. The molecule has 1 aromatic rings. The molecule has 1 aliphatic heterocycles. The van der Waals surface area contributed by atoms with E-state index in [-0.39, 0.29) is 12.0 Å². The average Bonchev–Trinajstić information content (AvgIpc) is 2.57. The highest BCUT2D eigenvalue weighted by Crippen LogP contribution is 2.12.